The Hall–Kier alpha value is -2.34. The first kappa shape index (κ1) is 17.5. The molecular formula is C14H19N5O6. The number of hydrogen-bond acceptors (Lipinski definition) is 9. The van der Waals surface area contributed by atoms with E-state index in [1.165, 1.54) is 17.2 Å². The number of nitrogens with two attached hydrogens (primary N) is 1. The summed E-state index contributed by atoms with van der Waals surface area (Å²) in [4.78, 5) is 22.5. The summed E-state index contributed by atoms with van der Waals surface area (Å²) in [6, 6.07) is 0. The summed E-state index contributed by atoms with van der Waals surface area (Å²) < 4.78 is 7.03. The van der Waals surface area contributed by atoms with Crippen molar-refractivity contribution >= 4 is 23.0 Å². The second-order valence-electron chi connectivity index (χ2n) is 5.91. The molecular weight excluding hydrogens is 334 g/mol. The van der Waals surface area contributed by atoms with Gasteiger partial charge in [-0.3, -0.25) is 9.36 Å². The van der Waals surface area contributed by atoms with Crippen LogP contribution in [0.25, 0.3) is 11.2 Å². The first-order valence-electron chi connectivity index (χ1n) is 7.74. The Morgan fingerprint density at radius 1 is 1.32 bits per heavy atom. The van der Waals surface area contributed by atoms with E-state index in [0.29, 0.717) is 11.2 Å². The number of nitrogens with zero attached hydrogens (tertiary/aromatic N) is 4. The largest absolute Gasteiger partial charge is 0.481 e. The molecule has 0 spiro atoms. The second-order valence-corrected chi connectivity index (χ2v) is 5.91. The number of aliphatic hydroxyl groups excluding tert-OH is 3. The highest BCUT2D eigenvalue weighted by Gasteiger charge is 2.47. The predicted octanol–water partition coefficient (Wildman–Crippen LogP) is -1.36. The van der Waals surface area contributed by atoms with Crippen LogP contribution in [-0.4, -0.2) is 70.3 Å². The molecule has 1 fully saturated rings. The number of anilines is 1. The van der Waals surface area contributed by atoms with Crippen molar-refractivity contribution in [2.45, 2.75) is 49.9 Å². The van der Waals surface area contributed by atoms with Gasteiger partial charge in [0.25, 0.3) is 0 Å². The molecule has 1 unspecified atom stereocenters. The van der Waals surface area contributed by atoms with Gasteiger partial charge in [-0.05, 0) is 12.8 Å². The number of rotatable bonds is 6. The Morgan fingerprint density at radius 3 is 2.80 bits per heavy atom. The fourth-order valence-electron chi connectivity index (χ4n) is 2.92. The number of nitrogen functional groups attached to an aromatic ring is 1. The molecule has 11 heteroatoms. The molecule has 0 saturated carbocycles. The molecule has 1 aliphatic heterocycles. The normalized spacial score (nSPS) is 27.6. The predicted molar refractivity (Wildman–Crippen MR) is 83.2 cm³/mol. The first-order chi connectivity index (χ1) is 11.9. The number of ether oxygens (including phenoxy) is 1. The second kappa shape index (κ2) is 6.88. The van der Waals surface area contributed by atoms with Gasteiger partial charge < -0.3 is 30.9 Å². The molecule has 3 rings (SSSR count). The molecule has 11 nitrogen and oxygen atoms in total. The van der Waals surface area contributed by atoms with Crippen LogP contribution in [0, 0.1) is 0 Å². The molecule has 0 radical (unpaired) electrons. The minimum Gasteiger partial charge on any atom is -0.481 e. The third-order valence-corrected chi connectivity index (χ3v) is 4.21. The van der Waals surface area contributed by atoms with Gasteiger partial charge >= 0.3 is 5.97 Å². The zero-order chi connectivity index (χ0) is 18.1. The third kappa shape index (κ3) is 3.26. The van der Waals surface area contributed by atoms with Crippen molar-refractivity contribution in [2.75, 3.05) is 5.73 Å². The van der Waals surface area contributed by atoms with Gasteiger partial charge in [0.15, 0.2) is 17.7 Å². The minimum atomic E-state index is -1.35. The molecule has 6 N–H and O–H groups in total. The number of carboxylic acid groups (broad SMARTS) is 1. The molecule has 3 heterocycles. The monoisotopic (exact) mass is 353 g/mol. The van der Waals surface area contributed by atoms with E-state index in [4.69, 9.17) is 15.6 Å². The van der Waals surface area contributed by atoms with Crippen LogP contribution in [0.4, 0.5) is 5.82 Å². The maximum atomic E-state index is 10.5. The van der Waals surface area contributed by atoms with Gasteiger partial charge in [-0.25, -0.2) is 15.0 Å². The minimum absolute atomic E-state index is 0.103. The Bertz CT molecular complexity index is 767. The van der Waals surface area contributed by atoms with Crippen molar-refractivity contribution < 1.29 is 30.0 Å². The van der Waals surface area contributed by atoms with Crippen LogP contribution >= 0.6 is 0 Å². The van der Waals surface area contributed by atoms with E-state index < -0.39 is 36.6 Å². The molecule has 25 heavy (non-hydrogen) atoms. The van der Waals surface area contributed by atoms with Gasteiger partial charge in [0.1, 0.15) is 30.2 Å². The lowest BCUT2D eigenvalue weighted by Crippen LogP contribution is -2.38. The lowest BCUT2D eigenvalue weighted by atomic mass is 10.0. The maximum absolute atomic E-state index is 10.5. The number of aliphatic hydroxyl groups is 3. The van der Waals surface area contributed by atoms with Crippen molar-refractivity contribution in [1.29, 1.82) is 0 Å². The van der Waals surface area contributed by atoms with Crippen molar-refractivity contribution in [3.63, 3.8) is 0 Å². The van der Waals surface area contributed by atoms with Crippen LogP contribution in [0.3, 0.4) is 0 Å². The fourth-order valence-corrected chi connectivity index (χ4v) is 2.92. The van der Waals surface area contributed by atoms with Gasteiger partial charge in [-0.2, -0.15) is 0 Å². The third-order valence-electron chi connectivity index (χ3n) is 4.21. The van der Waals surface area contributed by atoms with Crippen LogP contribution in [0.1, 0.15) is 25.5 Å². The van der Waals surface area contributed by atoms with Crippen molar-refractivity contribution in [1.82, 2.24) is 19.5 Å². The SMILES string of the molecule is Nc1ncnc2c1ncn2[C@@H]1O[C@H](C(O)CCCC(=O)O)[C@@H](O)[C@H]1O. The summed E-state index contributed by atoms with van der Waals surface area (Å²) in [7, 11) is 0. The fraction of sp³-hybridized carbons (Fsp3) is 0.571. The maximum Gasteiger partial charge on any atom is 0.303 e. The van der Waals surface area contributed by atoms with E-state index in [0.717, 1.165) is 0 Å². The highest BCUT2D eigenvalue weighted by molar-refractivity contribution is 5.81. The Morgan fingerprint density at radius 2 is 2.08 bits per heavy atom. The number of aliphatic carboxylic acids is 1. The Kier molecular flexibility index (Phi) is 4.81. The van der Waals surface area contributed by atoms with Gasteiger partial charge in [0, 0.05) is 6.42 Å². The number of imidazole rings is 1. The highest BCUT2D eigenvalue weighted by atomic mass is 16.6. The van der Waals surface area contributed by atoms with Gasteiger partial charge in [0.2, 0.25) is 0 Å². The quantitative estimate of drug-likeness (QED) is 0.417. The summed E-state index contributed by atoms with van der Waals surface area (Å²) in [6.45, 7) is 0. The first-order valence-corrected chi connectivity index (χ1v) is 7.74. The zero-order valence-corrected chi connectivity index (χ0v) is 13.1. The molecule has 136 valence electrons. The van der Waals surface area contributed by atoms with Gasteiger partial charge in [-0.15, -0.1) is 0 Å². The molecule has 2 aromatic heterocycles. The molecule has 5 atom stereocenters. The Labute approximate surface area is 141 Å². The molecule has 1 saturated heterocycles. The Balaban J connectivity index is 1.77. The smallest absolute Gasteiger partial charge is 0.303 e. The van der Waals surface area contributed by atoms with Crippen LogP contribution in [0.2, 0.25) is 0 Å². The average Bonchev–Trinajstić information content (AvgIpc) is 3.10. The lowest BCUT2D eigenvalue weighted by molar-refractivity contribution is -0.137. The number of hydrogen-bond donors (Lipinski definition) is 5. The van der Waals surface area contributed by atoms with Crippen molar-refractivity contribution in [3.05, 3.63) is 12.7 Å². The van der Waals surface area contributed by atoms with E-state index >= 15 is 0 Å². The summed E-state index contributed by atoms with van der Waals surface area (Å²) in [5, 5.41) is 39.3. The number of carbonyl (C=O) groups is 1. The molecule has 2 aromatic rings. The standard InChI is InChI=1S/C14H19N5O6/c15-12-8-13(17-4-16-12)19(5-18-8)14-10(24)9(23)11(25-14)6(20)2-1-3-7(21)22/h4-6,9-11,14,20,23-24H,1-3H2,(H,21,22)(H2,15,16,17)/t6?,9-,10+,11+,14+/m0/s1. The van der Waals surface area contributed by atoms with E-state index in [1.54, 1.807) is 0 Å². The number of carboxylic acids is 1. The lowest BCUT2D eigenvalue weighted by Gasteiger charge is -2.20. The van der Waals surface area contributed by atoms with Crippen molar-refractivity contribution in [2.24, 2.45) is 0 Å². The number of aromatic nitrogens is 4. The van der Waals surface area contributed by atoms with Crippen LogP contribution < -0.4 is 5.73 Å². The molecule has 0 aromatic carbocycles. The van der Waals surface area contributed by atoms with Gasteiger partial charge in [0.05, 0.1) is 12.4 Å². The molecule has 0 amide bonds. The van der Waals surface area contributed by atoms with Crippen LogP contribution in [0.5, 0.6) is 0 Å². The summed E-state index contributed by atoms with van der Waals surface area (Å²) in [6.07, 6.45) is -3.04. The summed E-state index contributed by atoms with van der Waals surface area (Å²) in [5.41, 5.74) is 6.37. The molecule has 0 aliphatic carbocycles. The number of fused-ring (bicyclic) bond motifs is 1. The zero-order valence-electron chi connectivity index (χ0n) is 13.1. The van der Waals surface area contributed by atoms with E-state index in [-0.39, 0.29) is 25.1 Å². The van der Waals surface area contributed by atoms with E-state index in [2.05, 4.69) is 15.0 Å². The van der Waals surface area contributed by atoms with Crippen molar-refractivity contribution in [3.8, 4) is 0 Å². The highest BCUT2D eigenvalue weighted by Crippen LogP contribution is 2.34. The summed E-state index contributed by atoms with van der Waals surface area (Å²) in [5.74, 6) is -0.804. The molecule has 1 aliphatic rings. The van der Waals surface area contributed by atoms with Crippen LogP contribution in [0.15, 0.2) is 12.7 Å². The van der Waals surface area contributed by atoms with E-state index in [9.17, 15) is 20.1 Å². The topological polar surface area (TPSA) is 177 Å². The van der Waals surface area contributed by atoms with Gasteiger partial charge in [-0.1, -0.05) is 0 Å². The molecule has 0 bridgehead atoms. The van der Waals surface area contributed by atoms with Crippen LogP contribution in [-0.2, 0) is 9.53 Å². The average molecular weight is 353 g/mol. The van der Waals surface area contributed by atoms with E-state index in [1.807, 2.05) is 0 Å². The summed E-state index contributed by atoms with van der Waals surface area (Å²) >= 11 is 0.